The average Bonchev–Trinajstić information content (AvgIpc) is 3.09. The van der Waals surface area contributed by atoms with E-state index in [1.54, 1.807) is 4.68 Å². The van der Waals surface area contributed by atoms with Gasteiger partial charge >= 0.3 is 0 Å². The van der Waals surface area contributed by atoms with Crippen LogP contribution in [0.2, 0.25) is 0 Å². The Morgan fingerprint density at radius 1 is 1.20 bits per heavy atom. The summed E-state index contributed by atoms with van der Waals surface area (Å²) in [5.41, 5.74) is 1.99. The molecule has 1 unspecified atom stereocenters. The van der Waals surface area contributed by atoms with Crippen molar-refractivity contribution in [1.29, 1.82) is 0 Å². The minimum Gasteiger partial charge on any atom is -0.489 e. The first-order chi connectivity index (χ1) is 12.2. The van der Waals surface area contributed by atoms with Gasteiger partial charge in [0, 0.05) is 10.0 Å². The molecule has 1 aliphatic heterocycles. The van der Waals surface area contributed by atoms with Crippen molar-refractivity contribution in [1.82, 2.24) is 14.8 Å². The number of anilines is 1. The van der Waals surface area contributed by atoms with Crippen LogP contribution >= 0.6 is 15.9 Å². The molecule has 2 aromatic carbocycles. The Bertz CT molecular complexity index is 907. The number of benzene rings is 2. The van der Waals surface area contributed by atoms with Gasteiger partial charge in [0.1, 0.15) is 18.7 Å². The molecule has 0 aliphatic carbocycles. The van der Waals surface area contributed by atoms with Gasteiger partial charge in [-0.05, 0) is 23.8 Å². The molecule has 0 bridgehead atoms. The van der Waals surface area contributed by atoms with Crippen LogP contribution in [0, 0.1) is 0 Å². The maximum Gasteiger partial charge on any atom is 0.229 e. The molecule has 1 amide bonds. The van der Waals surface area contributed by atoms with Gasteiger partial charge < -0.3 is 4.74 Å². The second kappa shape index (κ2) is 6.68. The number of carbonyl (C=O) groups is 1. The highest BCUT2D eigenvalue weighted by atomic mass is 79.9. The van der Waals surface area contributed by atoms with Crippen molar-refractivity contribution in [2.24, 2.45) is 0 Å². The van der Waals surface area contributed by atoms with Crippen LogP contribution in [0.25, 0.3) is 0 Å². The van der Waals surface area contributed by atoms with E-state index in [4.69, 9.17) is 4.74 Å². The van der Waals surface area contributed by atoms with Crippen LogP contribution in [0.3, 0.4) is 0 Å². The normalized spacial score (nSPS) is 16.2. The van der Waals surface area contributed by atoms with Gasteiger partial charge in [-0.25, -0.2) is 4.68 Å². The molecule has 1 atom stereocenters. The molecule has 1 aliphatic rings. The topological polar surface area (TPSA) is 69.0 Å². The summed E-state index contributed by atoms with van der Waals surface area (Å²) in [5.74, 6) is 1.13. The average molecular weight is 399 g/mol. The van der Waals surface area contributed by atoms with Crippen LogP contribution in [0.1, 0.15) is 23.6 Å². The second-order valence-corrected chi connectivity index (χ2v) is 6.66. The van der Waals surface area contributed by atoms with Crippen molar-refractivity contribution in [2.75, 3.05) is 5.32 Å². The molecule has 3 aromatic rings. The first-order valence-electron chi connectivity index (χ1n) is 7.86. The molecular formula is C18H15BrN4O2. The molecule has 0 saturated heterocycles. The Balaban J connectivity index is 1.61. The fraction of sp³-hybridized carbons (Fsp3) is 0.167. The minimum atomic E-state index is -0.229. The largest absolute Gasteiger partial charge is 0.489 e. The van der Waals surface area contributed by atoms with Crippen molar-refractivity contribution in [3.05, 3.63) is 70.5 Å². The predicted molar refractivity (Wildman–Crippen MR) is 96.3 cm³/mol. The van der Waals surface area contributed by atoms with Gasteiger partial charge in [0.25, 0.3) is 0 Å². The summed E-state index contributed by atoms with van der Waals surface area (Å²) < 4.78 is 8.79. The molecule has 0 fully saturated rings. The molecule has 25 heavy (non-hydrogen) atoms. The van der Waals surface area contributed by atoms with E-state index in [1.807, 2.05) is 48.5 Å². The standard InChI is InChI=1S/C18H15BrN4O2/c19-13-7-5-12(6-8-13)10-25-16-4-2-1-3-14(16)15-9-17(24)22-18-20-11-21-23(15)18/h1-8,11,15H,9-10H2,(H,20,21,22,24). The van der Waals surface area contributed by atoms with E-state index in [2.05, 4.69) is 31.3 Å². The summed E-state index contributed by atoms with van der Waals surface area (Å²) in [6, 6.07) is 15.5. The lowest BCUT2D eigenvalue weighted by molar-refractivity contribution is -0.117. The van der Waals surface area contributed by atoms with E-state index in [0.29, 0.717) is 19.0 Å². The highest BCUT2D eigenvalue weighted by Crippen LogP contribution is 2.34. The molecule has 0 spiro atoms. The molecule has 0 radical (unpaired) electrons. The number of fused-ring (bicyclic) bond motifs is 1. The second-order valence-electron chi connectivity index (χ2n) is 5.75. The molecule has 7 heteroatoms. The van der Waals surface area contributed by atoms with Crippen LogP contribution in [-0.4, -0.2) is 20.7 Å². The maximum absolute atomic E-state index is 12.0. The number of carbonyl (C=O) groups excluding carboxylic acids is 1. The van der Waals surface area contributed by atoms with Gasteiger partial charge in [0.05, 0.1) is 12.5 Å². The summed E-state index contributed by atoms with van der Waals surface area (Å²) in [7, 11) is 0. The monoisotopic (exact) mass is 398 g/mol. The molecule has 1 N–H and O–H groups in total. The number of hydrogen-bond donors (Lipinski definition) is 1. The smallest absolute Gasteiger partial charge is 0.229 e. The van der Waals surface area contributed by atoms with Crippen LogP contribution in [-0.2, 0) is 11.4 Å². The Kier molecular flexibility index (Phi) is 4.23. The minimum absolute atomic E-state index is 0.0757. The third-order valence-corrected chi connectivity index (χ3v) is 4.61. The summed E-state index contributed by atoms with van der Waals surface area (Å²) in [6.45, 7) is 0.452. The zero-order valence-electron chi connectivity index (χ0n) is 13.2. The molecule has 0 saturated carbocycles. The third-order valence-electron chi connectivity index (χ3n) is 4.08. The van der Waals surface area contributed by atoms with E-state index in [9.17, 15) is 4.79 Å². The molecule has 126 valence electrons. The van der Waals surface area contributed by atoms with Gasteiger partial charge in [-0.1, -0.05) is 46.3 Å². The van der Waals surface area contributed by atoms with Crippen LogP contribution in [0.15, 0.2) is 59.3 Å². The number of aromatic nitrogens is 3. The SMILES string of the molecule is O=C1CC(c2ccccc2OCc2ccc(Br)cc2)n2ncnc2N1. The van der Waals surface area contributed by atoms with E-state index in [1.165, 1.54) is 6.33 Å². The summed E-state index contributed by atoms with van der Waals surface area (Å²) in [5, 5.41) is 6.98. The summed E-state index contributed by atoms with van der Waals surface area (Å²) in [4.78, 5) is 16.1. The van der Waals surface area contributed by atoms with E-state index in [-0.39, 0.29) is 11.9 Å². The van der Waals surface area contributed by atoms with Gasteiger partial charge in [-0.2, -0.15) is 10.1 Å². The lowest BCUT2D eigenvalue weighted by Crippen LogP contribution is -2.29. The number of halogens is 1. The summed E-state index contributed by atoms with van der Waals surface area (Å²) >= 11 is 3.43. The highest BCUT2D eigenvalue weighted by molar-refractivity contribution is 9.10. The Morgan fingerprint density at radius 2 is 2.00 bits per heavy atom. The van der Waals surface area contributed by atoms with Gasteiger partial charge in [-0.15, -0.1) is 0 Å². The van der Waals surface area contributed by atoms with Crippen molar-refractivity contribution in [3.63, 3.8) is 0 Å². The van der Waals surface area contributed by atoms with Gasteiger partial charge in [0.15, 0.2) is 0 Å². The number of nitrogens with zero attached hydrogens (tertiary/aromatic N) is 3. The third kappa shape index (κ3) is 3.28. The van der Waals surface area contributed by atoms with Gasteiger partial charge in [0.2, 0.25) is 11.9 Å². The van der Waals surface area contributed by atoms with E-state index in [0.717, 1.165) is 21.3 Å². The first-order valence-corrected chi connectivity index (χ1v) is 8.65. The van der Waals surface area contributed by atoms with E-state index < -0.39 is 0 Å². The molecule has 4 rings (SSSR count). The van der Waals surface area contributed by atoms with Crippen LogP contribution in [0.4, 0.5) is 5.95 Å². The lowest BCUT2D eigenvalue weighted by Gasteiger charge is -2.25. The molecular weight excluding hydrogens is 384 g/mol. The summed E-state index contributed by atoms with van der Waals surface area (Å²) in [6.07, 6.45) is 1.74. The fourth-order valence-corrected chi connectivity index (χ4v) is 3.14. The molecule has 2 heterocycles. The Hall–Kier alpha value is -2.67. The molecule has 6 nitrogen and oxygen atoms in total. The maximum atomic E-state index is 12.0. The predicted octanol–water partition coefficient (Wildman–Crippen LogP) is 3.55. The lowest BCUT2D eigenvalue weighted by atomic mass is 10.0. The molecule has 1 aromatic heterocycles. The van der Waals surface area contributed by atoms with Gasteiger partial charge in [-0.3, -0.25) is 10.1 Å². The first kappa shape index (κ1) is 15.8. The van der Waals surface area contributed by atoms with Crippen LogP contribution < -0.4 is 10.1 Å². The van der Waals surface area contributed by atoms with E-state index >= 15 is 0 Å². The number of rotatable bonds is 4. The van der Waals surface area contributed by atoms with Crippen LogP contribution in [0.5, 0.6) is 5.75 Å². The Morgan fingerprint density at radius 3 is 2.84 bits per heavy atom. The number of para-hydroxylation sites is 1. The zero-order chi connectivity index (χ0) is 17.2. The fourth-order valence-electron chi connectivity index (χ4n) is 2.88. The van der Waals surface area contributed by atoms with Crippen molar-refractivity contribution in [2.45, 2.75) is 19.1 Å². The van der Waals surface area contributed by atoms with Crippen molar-refractivity contribution >= 4 is 27.8 Å². The number of hydrogen-bond acceptors (Lipinski definition) is 4. The Labute approximate surface area is 153 Å². The number of ether oxygens (including phenoxy) is 1. The van der Waals surface area contributed by atoms with Crippen molar-refractivity contribution < 1.29 is 9.53 Å². The number of amides is 1. The number of nitrogens with one attached hydrogen (secondary N) is 1. The zero-order valence-corrected chi connectivity index (χ0v) is 14.8. The van der Waals surface area contributed by atoms with Crippen molar-refractivity contribution in [3.8, 4) is 5.75 Å². The quantitative estimate of drug-likeness (QED) is 0.729. The highest BCUT2D eigenvalue weighted by Gasteiger charge is 2.29.